The van der Waals surface area contributed by atoms with Crippen LogP contribution in [0.25, 0.3) is 0 Å². The molecule has 1 amide bonds. The molecule has 2 atom stereocenters. The third-order valence-corrected chi connectivity index (χ3v) is 3.31. The standard InChI is InChI=1S/C11H17N3O2/c1-14(16-2)11(15)9-4-3-8(7-9)10-5-6-12-13-10/h5-6,8-9H,3-4,7H2,1-2H3,(H,12,13). The lowest BCUT2D eigenvalue weighted by Gasteiger charge is -2.17. The molecule has 0 radical (unpaired) electrons. The first-order chi connectivity index (χ1) is 7.72. The molecule has 1 aromatic heterocycles. The van der Waals surface area contributed by atoms with Crippen LogP contribution in [-0.2, 0) is 9.63 Å². The molecule has 0 bridgehead atoms. The van der Waals surface area contributed by atoms with Crippen LogP contribution in [-0.4, -0.2) is 35.3 Å². The first-order valence-electron chi connectivity index (χ1n) is 5.53. The number of H-pyrrole nitrogens is 1. The van der Waals surface area contributed by atoms with Crippen molar-refractivity contribution in [3.8, 4) is 0 Å². The highest BCUT2D eigenvalue weighted by molar-refractivity contribution is 5.78. The predicted octanol–water partition coefficient (Wildman–Crippen LogP) is 1.31. The number of carbonyl (C=O) groups is 1. The van der Waals surface area contributed by atoms with Crippen molar-refractivity contribution in [3.05, 3.63) is 18.0 Å². The van der Waals surface area contributed by atoms with E-state index in [0.29, 0.717) is 5.92 Å². The molecule has 1 fully saturated rings. The van der Waals surface area contributed by atoms with Crippen molar-refractivity contribution in [3.63, 3.8) is 0 Å². The maximum absolute atomic E-state index is 11.9. The number of rotatable bonds is 3. The lowest BCUT2D eigenvalue weighted by atomic mass is 10.0. The van der Waals surface area contributed by atoms with E-state index in [1.54, 1.807) is 7.05 Å². The fraction of sp³-hybridized carbons (Fsp3) is 0.636. The molecule has 88 valence electrons. The van der Waals surface area contributed by atoms with Gasteiger partial charge in [-0.25, -0.2) is 5.06 Å². The summed E-state index contributed by atoms with van der Waals surface area (Å²) < 4.78 is 0. The predicted molar refractivity (Wildman–Crippen MR) is 58.4 cm³/mol. The maximum Gasteiger partial charge on any atom is 0.248 e. The van der Waals surface area contributed by atoms with Crippen LogP contribution in [0, 0.1) is 5.92 Å². The number of hydroxylamine groups is 2. The molecule has 1 heterocycles. The van der Waals surface area contributed by atoms with Gasteiger partial charge in [-0.15, -0.1) is 0 Å². The Kier molecular flexibility index (Phi) is 3.24. The average Bonchev–Trinajstić information content (AvgIpc) is 2.96. The van der Waals surface area contributed by atoms with E-state index < -0.39 is 0 Å². The zero-order chi connectivity index (χ0) is 11.5. The van der Waals surface area contributed by atoms with E-state index in [-0.39, 0.29) is 11.8 Å². The van der Waals surface area contributed by atoms with E-state index in [9.17, 15) is 4.79 Å². The summed E-state index contributed by atoms with van der Waals surface area (Å²) in [7, 11) is 3.17. The molecule has 0 spiro atoms. The van der Waals surface area contributed by atoms with E-state index in [0.717, 1.165) is 25.0 Å². The lowest BCUT2D eigenvalue weighted by Crippen LogP contribution is -2.30. The normalized spacial score (nSPS) is 24.6. The van der Waals surface area contributed by atoms with Gasteiger partial charge in [0.05, 0.1) is 12.8 Å². The highest BCUT2D eigenvalue weighted by Crippen LogP contribution is 2.37. The summed E-state index contributed by atoms with van der Waals surface area (Å²) >= 11 is 0. The van der Waals surface area contributed by atoms with E-state index >= 15 is 0 Å². The van der Waals surface area contributed by atoms with Gasteiger partial charge in [0.1, 0.15) is 0 Å². The second-order valence-electron chi connectivity index (χ2n) is 4.22. The zero-order valence-electron chi connectivity index (χ0n) is 9.64. The number of nitrogens with zero attached hydrogens (tertiary/aromatic N) is 2. The summed E-state index contributed by atoms with van der Waals surface area (Å²) in [6.45, 7) is 0. The molecule has 1 saturated carbocycles. The Hall–Kier alpha value is -1.36. The van der Waals surface area contributed by atoms with Gasteiger partial charge in [-0.2, -0.15) is 5.10 Å². The molecule has 1 aromatic rings. The van der Waals surface area contributed by atoms with Gasteiger partial charge in [-0.1, -0.05) is 0 Å². The number of hydrogen-bond acceptors (Lipinski definition) is 3. The fourth-order valence-corrected chi connectivity index (χ4v) is 2.32. The Morgan fingerprint density at radius 3 is 3.06 bits per heavy atom. The average molecular weight is 223 g/mol. The maximum atomic E-state index is 11.9. The van der Waals surface area contributed by atoms with E-state index in [1.807, 2.05) is 12.3 Å². The molecule has 2 rings (SSSR count). The molecule has 1 aliphatic rings. The van der Waals surface area contributed by atoms with Gasteiger partial charge in [-0.05, 0) is 25.3 Å². The van der Waals surface area contributed by atoms with Gasteiger partial charge < -0.3 is 0 Å². The minimum absolute atomic E-state index is 0.0699. The topological polar surface area (TPSA) is 58.2 Å². The van der Waals surface area contributed by atoms with Crippen LogP contribution in [0.4, 0.5) is 0 Å². The summed E-state index contributed by atoms with van der Waals surface area (Å²) in [5.74, 6) is 0.553. The molecular formula is C11H17N3O2. The van der Waals surface area contributed by atoms with Crippen LogP contribution in [0.2, 0.25) is 0 Å². The second kappa shape index (κ2) is 4.65. The molecule has 0 saturated heterocycles. The number of aromatic amines is 1. The molecular weight excluding hydrogens is 206 g/mol. The third kappa shape index (κ3) is 2.09. The minimum atomic E-state index is 0.0699. The molecule has 0 aliphatic heterocycles. The van der Waals surface area contributed by atoms with Gasteiger partial charge in [0.15, 0.2) is 0 Å². The van der Waals surface area contributed by atoms with Crippen LogP contribution < -0.4 is 0 Å². The third-order valence-electron chi connectivity index (χ3n) is 3.31. The minimum Gasteiger partial charge on any atom is -0.285 e. The second-order valence-corrected chi connectivity index (χ2v) is 4.22. The van der Waals surface area contributed by atoms with Crippen molar-refractivity contribution in [1.82, 2.24) is 15.3 Å². The van der Waals surface area contributed by atoms with Crippen molar-refractivity contribution in [2.24, 2.45) is 5.92 Å². The Morgan fingerprint density at radius 2 is 2.44 bits per heavy atom. The summed E-state index contributed by atoms with van der Waals surface area (Å²) in [6, 6.07) is 1.98. The van der Waals surface area contributed by atoms with Crippen molar-refractivity contribution < 1.29 is 9.63 Å². The quantitative estimate of drug-likeness (QED) is 0.786. The summed E-state index contributed by atoms with van der Waals surface area (Å²) in [4.78, 5) is 16.8. The molecule has 1 N–H and O–H groups in total. The lowest BCUT2D eigenvalue weighted by molar-refractivity contribution is -0.173. The summed E-state index contributed by atoms with van der Waals surface area (Å²) in [5, 5.41) is 8.31. The van der Waals surface area contributed by atoms with Crippen molar-refractivity contribution in [2.75, 3.05) is 14.2 Å². The molecule has 2 unspecified atom stereocenters. The van der Waals surface area contributed by atoms with E-state index in [2.05, 4.69) is 10.2 Å². The Balaban J connectivity index is 1.96. The monoisotopic (exact) mass is 223 g/mol. The van der Waals surface area contributed by atoms with Crippen LogP contribution >= 0.6 is 0 Å². The highest BCUT2D eigenvalue weighted by atomic mass is 16.7. The zero-order valence-corrected chi connectivity index (χ0v) is 9.64. The van der Waals surface area contributed by atoms with E-state index in [1.165, 1.54) is 12.2 Å². The van der Waals surface area contributed by atoms with Gasteiger partial charge >= 0.3 is 0 Å². The number of nitrogens with one attached hydrogen (secondary N) is 1. The van der Waals surface area contributed by atoms with Crippen LogP contribution in [0.1, 0.15) is 30.9 Å². The number of hydrogen-bond donors (Lipinski definition) is 1. The van der Waals surface area contributed by atoms with Gasteiger partial charge in [0.25, 0.3) is 0 Å². The number of aromatic nitrogens is 2. The summed E-state index contributed by atoms with van der Waals surface area (Å²) in [6.07, 6.45) is 4.64. The number of amides is 1. The molecule has 0 aromatic carbocycles. The Labute approximate surface area is 94.7 Å². The molecule has 1 aliphatic carbocycles. The van der Waals surface area contributed by atoms with Crippen molar-refractivity contribution in [1.29, 1.82) is 0 Å². The highest BCUT2D eigenvalue weighted by Gasteiger charge is 2.33. The SMILES string of the molecule is CON(C)C(=O)C1CCC(c2cc[nH]n2)C1. The van der Waals surface area contributed by atoms with Crippen LogP contribution in [0.15, 0.2) is 12.3 Å². The summed E-state index contributed by atoms with van der Waals surface area (Å²) in [5.41, 5.74) is 1.07. The first-order valence-corrected chi connectivity index (χ1v) is 5.53. The smallest absolute Gasteiger partial charge is 0.248 e. The van der Waals surface area contributed by atoms with Crippen LogP contribution in [0.3, 0.4) is 0 Å². The van der Waals surface area contributed by atoms with Crippen molar-refractivity contribution >= 4 is 5.91 Å². The van der Waals surface area contributed by atoms with Crippen molar-refractivity contribution in [2.45, 2.75) is 25.2 Å². The number of carbonyl (C=O) groups excluding carboxylic acids is 1. The Morgan fingerprint density at radius 1 is 1.62 bits per heavy atom. The van der Waals surface area contributed by atoms with Gasteiger partial charge in [0.2, 0.25) is 5.91 Å². The Bertz CT molecular complexity index is 350. The van der Waals surface area contributed by atoms with Crippen LogP contribution in [0.5, 0.6) is 0 Å². The first kappa shape index (κ1) is 11.1. The van der Waals surface area contributed by atoms with E-state index in [4.69, 9.17) is 4.84 Å². The largest absolute Gasteiger partial charge is 0.285 e. The van der Waals surface area contributed by atoms with Gasteiger partial charge in [-0.3, -0.25) is 14.7 Å². The molecule has 5 nitrogen and oxygen atoms in total. The molecule has 16 heavy (non-hydrogen) atoms. The fourth-order valence-electron chi connectivity index (χ4n) is 2.32. The molecule has 5 heteroatoms. The van der Waals surface area contributed by atoms with Gasteiger partial charge in [0, 0.05) is 25.1 Å².